The number of hydrogen-bond acceptors (Lipinski definition) is 3. The van der Waals surface area contributed by atoms with Crippen LogP contribution in [0.25, 0.3) is 11.3 Å². The number of nitrogens with zero attached hydrogens (tertiary/aromatic N) is 5. The van der Waals surface area contributed by atoms with Crippen LogP contribution in [0.5, 0.6) is 0 Å². The van der Waals surface area contributed by atoms with Crippen LogP contribution in [0, 0.1) is 19.8 Å². The first-order chi connectivity index (χ1) is 14.0. The Morgan fingerprint density at radius 2 is 2.03 bits per heavy atom. The Kier molecular flexibility index (Phi) is 6.69. The SMILES string of the molecule is CN=C(NCC(C)Cn1nc(C)cc1C)N(C)Cc1ncc(-c2ccccc2)[nH]1. The monoisotopic (exact) mass is 393 g/mol. The molecule has 0 amide bonds. The van der Waals surface area contributed by atoms with Crippen LogP contribution in [0.3, 0.4) is 0 Å². The van der Waals surface area contributed by atoms with Crippen LogP contribution in [0.4, 0.5) is 0 Å². The van der Waals surface area contributed by atoms with Gasteiger partial charge in [0.05, 0.1) is 24.1 Å². The van der Waals surface area contributed by atoms with Gasteiger partial charge < -0.3 is 15.2 Å². The number of rotatable bonds is 7. The summed E-state index contributed by atoms with van der Waals surface area (Å²) >= 11 is 0. The van der Waals surface area contributed by atoms with E-state index in [1.165, 1.54) is 5.69 Å². The molecule has 0 spiro atoms. The third kappa shape index (κ3) is 5.47. The maximum atomic E-state index is 4.55. The Morgan fingerprint density at radius 3 is 2.69 bits per heavy atom. The third-order valence-electron chi connectivity index (χ3n) is 4.87. The van der Waals surface area contributed by atoms with Crippen LogP contribution in [-0.4, -0.2) is 51.2 Å². The van der Waals surface area contributed by atoms with Crippen molar-refractivity contribution < 1.29 is 0 Å². The van der Waals surface area contributed by atoms with Gasteiger partial charge in [0.1, 0.15) is 5.82 Å². The molecule has 1 atom stereocenters. The molecule has 0 aliphatic carbocycles. The van der Waals surface area contributed by atoms with E-state index in [0.717, 1.165) is 41.8 Å². The molecule has 3 aromatic rings. The fourth-order valence-corrected chi connectivity index (χ4v) is 3.38. The van der Waals surface area contributed by atoms with Gasteiger partial charge in [-0.1, -0.05) is 37.3 Å². The first-order valence-electron chi connectivity index (χ1n) is 9.98. The quantitative estimate of drug-likeness (QED) is 0.477. The molecule has 3 rings (SSSR count). The number of aliphatic imine (C=N–C) groups is 1. The number of imidazole rings is 1. The zero-order valence-corrected chi connectivity index (χ0v) is 18.0. The fraction of sp³-hybridized carbons (Fsp3) is 0.409. The summed E-state index contributed by atoms with van der Waals surface area (Å²) in [6, 6.07) is 12.3. The van der Waals surface area contributed by atoms with Gasteiger partial charge in [0.25, 0.3) is 0 Å². The van der Waals surface area contributed by atoms with Gasteiger partial charge in [0, 0.05) is 32.9 Å². The summed E-state index contributed by atoms with van der Waals surface area (Å²) in [7, 11) is 3.83. The molecule has 0 aliphatic rings. The maximum absolute atomic E-state index is 4.55. The Labute approximate surface area is 172 Å². The molecule has 154 valence electrons. The highest BCUT2D eigenvalue weighted by Crippen LogP contribution is 2.16. The summed E-state index contributed by atoms with van der Waals surface area (Å²) < 4.78 is 2.07. The number of H-pyrrole nitrogens is 1. The Hall–Kier alpha value is -3.09. The van der Waals surface area contributed by atoms with E-state index in [1.54, 1.807) is 0 Å². The lowest BCUT2D eigenvalue weighted by Gasteiger charge is -2.23. The molecule has 1 aromatic carbocycles. The number of aromatic nitrogens is 4. The number of benzene rings is 1. The molecule has 2 aromatic heterocycles. The Bertz CT molecular complexity index is 939. The van der Waals surface area contributed by atoms with Crippen LogP contribution in [0.15, 0.2) is 47.6 Å². The van der Waals surface area contributed by atoms with Gasteiger partial charge in [0.2, 0.25) is 0 Å². The number of nitrogens with one attached hydrogen (secondary N) is 2. The third-order valence-corrected chi connectivity index (χ3v) is 4.87. The normalized spacial score (nSPS) is 12.8. The summed E-state index contributed by atoms with van der Waals surface area (Å²) in [5.41, 5.74) is 4.42. The van der Waals surface area contributed by atoms with Crippen molar-refractivity contribution in [3.8, 4) is 11.3 Å². The smallest absolute Gasteiger partial charge is 0.193 e. The van der Waals surface area contributed by atoms with E-state index in [1.807, 2.05) is 45.4 Å². The van der Waals surface area contributed by atoms with Gasteiger partial charge >= 0.3 is 0 Å². The molecule has 7 nitrogen and oxygen atoms in total. The number of hydrogen-bond donors (Lipinski definition) is 2. The Morgan fingerprint density at radius 1 is 1.28 bits per heavy atom. The van der Waals surface area contributed by atoms with Crippen LogP contribution >= 0.6 is 0 Å². The largest absolute Gasteiger partial charge is 0.356 e. The lowest BCUT2D eigenvalue weighted by atomic mass is 10.2. The van der Waals surface area contributed by atoms with E-state index in [4.69, 9.17) is 0 Å². The average molecular weight is 394 g/mol. The van der Waals surface area contributed by atoms with Crippen molar-refractivity contribution in [3.05, 3.63) is 59.8 Å². The highest BCUT2D eigenvalue weighted by Gasteiger charge is 2.12. The minimum atomic E-state index is 0.423. The topological polar surface area (TPSA) is 74.1 Å². The summed E-state index contributed by atoms with van der Waals surface area (Å²) in [5.74, 6) is 2.18. The van der Waals surface area contributed by atoms with E-state index in [9.17, 15) is 0 Å². The molecule has 0 saturated heterocycles. The molecule has 0 radical (unpaired) electrons. The molecule has 0 bridgehead atoms. The molecule has 7 heteroatoms. The molecule has 29 heavy (non-hydrogen) atoms. The first kappa shape index (κ1) is 20.6. The zero-order valence-electron chi connectivity index (χ0n) is 18.0. The van der Waals surface area contributed by atoms with Gasteiger partial charge in [-0.25, -0.2) is 4.98 Å². The van der Waals surface area contributed by atoms with Gasteiger partial charge in [-0.05, 0) is 31.4 Å². The first-order valence-corrected chi connectivity index (χ1v) is 9.98. The highest BCUT2D eigenvalue weighted by molar-refractivity contribution is 5.79. The van der Waals surface area contributed by atoms with Crippen molar-refractivity contribution >= 4 is 5.96 Å². The highest BCUT2D eigenvalue weighted by atomic mass is 15.3. The van der Waals surface area contributed by atoms with Crippen molar-refractivity contribution in [1.82, 2.24) is 30.0 Å². The second-order valence-corrected chi connectivity index (χ2v) is 7.61. The molecule has 0 aliphatic heterocycles. The fourth-order valence-electron chi connectivity index (χ4n) is 3.38. The average Bonchev–Trinajstić information content (AvgIpc) is 3.29. The maximum Gasteiger partial charge on any atom is 0.193 e. The molecular formula is C22H31N7. The van der Waals surface area contributed by atoms with Crippen LogP contribution < -0.4 is 5.32 Å². The lowest BCUT2D eigenvalue weighted by molar-refractivity contribution is 0.415. The van der Waals surface area contributed by atoms with Crippen LogP contribution in [-0.2, 0) is 13.1 Å². The number of aryl methyl sites for hydroxylation is 2. The van der Waals surface area contributed by atoms with Crippen molar-refractivity contribution in [1.29, 1.82) is 0 Å². The second kappa shape index (κ2) is 9.41. The molecular weight excluding hydrogens is 362 g/mol. The van der Waals surface area contributed by atoms with Gasteiger partial charge in [0.15, 0.2) is 5.96 Å². The Balaban J connectivity index is 1.53. The van der Waals surface area contributed by atoms with E-state index in [2.05, 4.69) is 67.0 Å². The predicted octanol–water partition coefficient (Wildman–Crippen LogP) is 3.23. The van der Waals surface area contributed by atoms with Crippen molar-refractivity contribution in [3.63, 3.8) is 0 Å². The van der Waals surface area contributed by atoms with Crippen molar-refractivity contribution in [2.45, 2.75) is 33.9 Å². The minimum Gasteiger partial charge on any atom is -0.356 e. The van der Waals surface area contributed by atoms with Crippen molar-refractivity contribution in [2.24, 2.45) is 10.9 Å². The van der Waals surface area contributed by atoms with Gasteiger partial charge in [-0.2, -0.15) is 5.10 Å². The van der Waals surface area contributed by atoms with E-state index in [0.29, 0.717) is 12.5 Å². The zero-order chi connectivity index (χ0) is 20.8. The van der Waals surface area contributed by atoms with Crippen molar-refractivity contribution in [2.75, 3.05) is 20.6 Å². The van der Waals surface area contributed by atoms with E-state index < -0.39 is 0 Å². The predicted molar refractivity (Wildman–Crippen MR) is 118 cm³/mol. The van der Waals surface area contributed by atoms with Crippen LogP contribution in [0.2, 0.25) is 0 Å². The number of guanidine groups is 1. The van der Waals surface area contributed by atoms with Crippen LogP contribution in [0.1, 0.15) is 24.1 Å². The molecule has 0 saturated carbocycles. The molecule has 1 unspecified atom stereocenters. The molecule has 2 N–H and O–H groups in total. The minimum absolute atomic E-state index is 0.423. The number of aromatic amines is 1. The van der Waals surface area contributed by atoms with E-state index >= 15 is 0 Å². The van der Waals surface area contributed by atoms with Gasteiger partial charge in [-0.3, -0.25) is 9.67 Å². The second-order valence-electron chi connectivity index (χ2n) is 7.61. The summed E-state index contributed by atoms with van der Waals surface area (Å²) in [4.78, 5) is 14.4. The summed E-state index contributed by atoms with van der Waals surface area (Å²) in [6.45, 7) is 8.70. The standard InChI is InChI=1S/C22H31N7/c1-16(14-29-18(3)11-17(2)27-29)12-25-22(23-4)28(5)15-21-24-13-20(26-21)19-9-7-6-8-10-19/h6-11,13,16H,12,14-15H2,1-5H3,(H,23,25)(H,24,26). The van der Waals surface area contributed by atoms with Gasteiger partial charge in [-0.15, -0.1) is 0 Å². The summed E-state index contributed by atoms with van der Waals surface area (Å²) in [5, 5.41) is 8.02. The lowest BCUT2D eigenvalue weighted by Crippen LogP contribution is -2.41. The van der Waals surface area contributed by atoms with E-state index in [-0.39, 0.29) is 0 Å². The molecule has 0 fully saturated rings. The summed E-state index contributed by atoms with van der Waals surface area (Å²) in [6.07, 6.45) is 1.88. The molecule has 2 heterocycles.